The summed E-state index contributed by atoms with van der Waals surface area (Å²) in [7, 11) is 0. The van der Waals surface area contributed by atoms with Gasteiger partial charge in [0.05, 0.1) is 12.6 Å². The van der Waals surface area contributed by atoms with Crippen molar-refractivity contribution in [3.05, 3.63) is 48.6 Å². The molecule has 0 spiro atoms. The quantitative estimate of drug-likeness (QED) is 0.588. The van der Waals surface area contributed by atoms with E-state index in [1.54, 1.807) is 25.7 Å². The number of rotatable bonds is 3. The molecule has 6 heteroatoms. The first-order valence-electron chi connectivity index (χ1n) is 8.91. The van der Waals surface area contributed by atoms with Crippen LogP contribution in [0.1, 0.15) is 39.2 Å². The molecule has 2 saturated heterocycles. The molecule has 1 aromatic carbocycles. The average molecular weight is 364 g/mol. The van der Waals surface area contributed by atoms with E-state index < -0.39 is 29.3 Å². The van der Waals surface area contributed by atoms with Gasteiger partial charge in [0.15, 0.2) is 0 Å². The van der Waals surface area contributed by atoms with Crippen LogP contribution in [0.3, 0.4) is 0 Å². The number of nitrogens with zero attached hydrogens (tertiary/aromatic N) is 2. The number of carbonyl (C=O) groups is 1. The fourth-order valence-electron chi connectivity index (χ4n) is 3.97. The first-order valence-corrected chi connectivity index (χ1v) is 8.91. The summed E-state index contributed by atoms with van der Waals surface area (Å²) in [6, 6.07) is 8.70. The standard InChI is InChI=1S/C20H26F2N2O2/c1-5-16-20(22)12-11-19(21,24(20)17(25)26-18(2,3)4)14-23(16)13-15-9-7-6-8-10-15/h5-10,16H,1,11-14H2,2-4H3/t16-,19-,20+/m1/s1. The van der Waals surface area contributed by atoms with Gasteiger partial charge in [-0.05, 0) is 26.3 Å². The van der Waals surface area contributed by atoms with Crippen molar-refractivity contribution in [3.63, 3.8) is 0 Å². The summed E-state index contributed by atoms with van der Waals surface area (Å²) < 4.78 is 36.9. The first kappa shape index (κ1) is 18.8. The van der Waals surface area contributed by atoms with Crippen molar-refractivity contribution in [1.82, 2.24) is 9.80 Å². The topological polar surface area (TPSA) is 32.8 Å². The SMILES string of the molecule is C=C[C@H]1N(Cc2ccccc2)C[C@@]2(F)CC[C@]1(F)N2C(=O)OC(C)(C)C. The van der Waals surface area contributed by atoms with E-state index in [0.717, 1.165) is 5.56 Å². The highest BCUT2D eigenvalue weighted by Gasteiger charge is 2.67. The number of alkyl halides is 2. The van der Waals surface area contributed by atoms with Crippen LogP contribution in [0.25, 0.3) is 0 Å². The summed E-state index contributed by atoms with van der Waals surface area (Å²) >= 11 is 0. The molecule has 3 atom stereocenters. The molecule has 0 radical (unpaired) electrons. The summed E-state index contributed by atoms with van der Waals surface area (Å²) in [5.74, 6) is -4.27. The number of carbonyl (C=O) groups excluding carboxylic acids is 1. The highest BCUT2D eigenvalue weighted by Crippen LogP contribution is 2.52. The lowest BCUT2D eigenvalue weighted by atomic mass is 9.99. The smallest absolute Gasteiger partial charge is 0.415 e. The van der Waals surface area contributed by atoms with Crippen LogP contribution in [0.5, 0.6) is 0 Å². The number of amides is 1. The fourth-order valence-corrected chi connectivity index (χ4v) is 3.97. The van der Waals surface area contributed by atoms with E-state index in [4.69, 9.17) is 4.74 Å². The number of hydrogen-bond donors (Lipinski definition) is 0. The Balaban J connectivity index is 1.91. The van der Waals surface area contributed by atoms with E-state index in [0.29, 0.717) is 11.4 Å². The lowest BCUT2D eigenvalue weighted by molar-refractivity contribution is -0.175. The molecular formula is C20H26F2N2O2. The zero-order chi connectivity index (χ0) is 19.2. The minimum Gasteiger partial charge on any atom is -0.444 e. The van der Waals surface area contributed by atoms with Gasteiger partial charge in [-0.1, -0.05) is 36.4 Å². The molecule has 0 aromatic heterocycles. The molecule has 0 saturated carbocycles. The lowest BCUT2D eigenvalue weighted by Crippen LogP contribution is -2.70. The predicted octanol–water partition coefficient (Wildman–Crippen LogP) is 4.42. The van der Waals surface area contributed by atoms with Crippen LogP contribution < -0.4 is 0 Å². The van der Waals surface area contributed by atoms with Gasteiger partial charge in [-0.15, -0.1) is 6.58 Å². The van der Waals surface area contributed by atoms with Gasteiger partial charge in [0.25, 0.3) is 0 Å². The summed E-state index contributed by atoms with van der Waals surface area (Å²) in [4.78, 5) is 15.0. The van der Waals surface area contributed by atoms with Crippen LogP contribution in [0.4, 0.5) is 13.6 Å². The molecule has 1 aromatic rings. The lowest BCUT2D eigenvalue weighted by Gasteiger charge is -2.51. The second-order valence-electron chi connectivity index (χ2n) is 8.12. The van der Waals surface area contributed by atoms with Crippen molar-refractivity contribution >= 4 is 6.09 Å². The third-order valence-electron chi connectivity index (χ3n) is 4.95. The van der Waals surface area contributed by atoms with Crippen molar-refractivity contribution in [1.29, 1.82) is 0 Å². The summed E-state index contributed by atoms with van der Waals surface area (Å²) in [6.07, 6.45) is 0.375. The molecule has 26 heavy (non-hydrogen) atoms. The fraction of sp³-hybridized carbons (Fsp3) is 0.550. The third kappa shape index (κ3) is 3.22. The second kappa shape index (κ2) is 6.34. The van der Waals surface area contributed by atoms with Crippen LogP contribution in [0.2, 0.25) is 0 Å². The average Bonchev–Trinajstić information content (AvgIpc) is 2.73. The Labute approximate surface area is 153 Å². The van der Waals surface area contributed by atoms with Crippen LogP contribution >= 0.6 is 0 Å². The number of hydrogen-bond acceptors (Lipinski definition) is 3. The molecule has 0 N–H and O–H groups in total. The Morgan fingerprint density at radius 2 is 1.96 bits per heavy atom. The zero-order valence-corrected chi connectivity index (χ0v) is 15.5. The molecule has 0 unspecified atom stereocenters. The normalized spacial score (nSPS) is 31.7. The number of benzene rings is 1. The maximum absolute atomic E-state index is 16.0. The number of halogens is 2. The second-order valence-corrected chi connectivity index (χ2v) is 8.12. The van der Waals surface area contributed by atoms with Gasteiger partial charge in [-0.3, -0.25) is 4.90 Å². The minimum atomic E-state index is -2.17. The van der Waals surface area contributed by atoms with Crippen LogP contribution in [-0.4, -0.2) is 45.7 Å². The number of likely N-dealkylation sites (tertiary alicyclic amines) is 1. The Kier molecular flexibility index (Phi) is 4.59. The van der Waals surface area contributed by atoms with E-state index in [-0.39, 0.29) is 19.4 Å². The van der Waals surface area contributed by atoms with Gasteiger partial charge in [-0.25, -0.2) is 18.5 Å². The maximum atomic E-state index is 16.0. The van der Waals surface area contributed by atoms with E-state index in [2.05, 4.69) is 6.58 Å². The van der Waals surface area contributed by atoms with E-state index in [1.807, 2.05) is 30.3 Å². The molecule has 2 aliphatic heterocycles. The van der Waals surface area contributed by atoms with Gasteiger partial charge < -0.3 is 4.74 Å². The van der Waals surface area contributed by atoms with Gasteiger partial charge in [0, 0.05) is 19.4 Å². The maximum Gasteiger partial charge on any atom is 0.415 e. The summed E-state index contributed by atoms with van der Waals surface area (Å²) in [5, 5.41) is 0. The highest BCUT2D eigenvalue weighted by atomic mass is 19.2. The molecule has 2 heterocycles. The molecule has 1 amide bonds. The molecule has 0 aliphatic carbocycles. The first-order chi connectivity index (χ1) is 12.1. The van der Waals surface area contributed by atoms with Crippen molar-refractivity contribution in [2.24, 2.45) is 0 Å². The number of piperazine rings is 1. The molecular weight excluding hydrogens is 338 g/mol. The van der Waals surface area contributed by atoms with E-state index >= 15 is 8.78 Å². The molecule has 3 rings (SSSR count). The summed E-state index contributed by atoms with van der Waals surface area (Å²) in [6.45, 7) is 9.09. The van der Waals surface area contributed by atoms with Gasteiger partial charge in [0.2, 0.25) is 11.6 Å². The number of ether oxygens (including phenoxy) is 1. The van der Waals surface area contributed by atoms with Gasteiger partial charge in [0.1, 0.15) is 5.60 Å². The van der Waals surface area contributed by atoms with Crippen molar-refractivity contribution in [3.8, 4) is 0 Å². The third-order valence-corrected chi connectivity index (χ3v) is 4.95. The van der Waals surface area contributed by atoms with Crippen molar-refractivity contribution in [2.75, 3.05) is 6.54 Å². The van der Waals surface area contributed by atoms with Crippen molar-refractivity contribution in [2.45, 2.75) is 63.4 Å². The molecule has 2 fully saturated rings. The number of fused-ring (bicyclic) bond motifs is 2. The minimum absolute atomic E-state index is 0.0572. The molecule has 2 bridgehead atoms. The van der Waals surface area contributed by atoms with Gasteiger partial charge in [-0.2, -0.15) is 0 Å². The molecule has 4 nitrogen and oxygen atoms in total. The van der Waals surface area contributed by atoms with Crippen LogP contribution in [0, 0.1) is 0 Å². The Bertz CT molecular complexity index is 691. The Morgan fingerprint density at radius 3 is 2.54 bits per heavy atom. The highest BCUT2D eigenvalue weighted by molar-refractivity contribution is 5.71. The van der Waals surface area contributed by atoms with E-state index in [9.17, 15) is 4.79 Å². The Morgan fingerprint density at radius 1 is 1.31 bits per heavy atom. The largest absolute Gasteiger partial charge is 0.444 e. The van der Waals surface area contributed by atoms with Crippen LogP contribution in [-0.2, 0) is 11.3 Å². The molecule has 2 aliphatic rings. The van der Waals surface area contributed by atoms with E-state index in [1.165, 1.54) is 6.08 Å². The zero-order valence-electron chi connectivity index (χ0n) is 15.5. The molecule has 142 valence electrons. The monoisotopic (exact) mass is 364 g/mol. The van der Waals surface area contributed by atoms with Crippen LogP contribution in [0.15, 0.2) is 43.0 Å². The van der Waals surface area contributed by atoms with Crippen molar-refractivity contribution < 1.29 is 18.3 Å². The van der Waals surface area contributed by atoms with Gasteiger partial charge >= 0.3 is 6.09 Å². The Hall–Kier alpha value is -1.95. The summed E-state index contributed by atoms with van der Waals surface area (Å²) in [5.41, 5.74) is 0.130. The predicted molar refractivity (Wildman–Crippen MR) is 95.8 cm³/mol.